The van der Waals surface area contributed by atoms with Crippen LogP contribution in [-0.4, -0.2) is 19.3 Å². The molecule has 0 aliphatic carbocycles. The van der Waals surface area contributed by atoms with Crippen LogP contribution in [0.3, 0.4) is 0 Å². The van der Waals surface area contributed by atoms with Crippen molar-refractivity contribution in [2.45, 2.75) is 18.9 Å². The Bertz CT molecular complexity index is 607. The van der Waals surface area contributed by atoms with Gasteiger partial charge in [-0.3, -0.25) is 0 Å². The minimum atomic E-state index is 0.209. The van der Waals surface area contributed by atoms with Gasteiger partial charge in [-0.2, -0.15) is 0 Å². The third-order valence-electron chi connectivity index (χ3n) is 3.52. The molecule has 2 aromatic rings. The van der Waals surface area contributed by atoms with Crippen LogP contribution >= 0.6 is 38.5 Å². The van der Waals surface area contributed by atoms with Gasteiger partial charge < -0.3 is 9.47 Å². The number of hydrogen-bond acceptors (Lipinski definition) is 2. The van der Waals surface area contributed by atoms with E-state index in [1.165, 1.54) is 14.7 Å². The molecule has 110 valence electrons. The van der Waals surface area contributed by atoms with Crippen molar-refractivity contribution in [3.05, 3.63) is 61.6 Å². The molecule has 1 saturated heterocycles. The molecule has 0 spiro atoms. The highest BCUT2D eigenvalue weighted by atomic mass is 127. The van der Waals surface area contributed by atoms with Gasteiger partial charge in [0.15, 0.2) is 0 Å². The first-order valence-electron chi connectivity index (χ1n) is 6.98. The molecule has 0 N–H and O–H groups in total. The van der Waals surface area contributed by atoms with Gasteiger partial charge in [0, 0.05) is 14.5 Å². The minimum absolute atomic E-state index is 0.209. The summed E-state index contributed by atoms with van der Waals surface area (Å²) in [5, 5.41) is 0. The fraction of sp³-hybridized carbons (Fsp3) is 0.294. The van der Waals surface area contributed by atoms with Crippen LogP contribution in [0.15, 0.2) is 46.9 Å². The molecular weight excluding hydrogens is 443 g/mol. The van der Waals surface area contributed by atoms with Crippen molar-refractivity contribution in [1.29, 1.82) is 0 Å². The van der Waals surface area contributed by atoms with Crippen molar-refractivity contribution in [2.24, 2.45) is 0 Å². The monoisotopic (exact) mass is 458 g/mol. The maximum absolute atomic E-state index is 5.89. The highest BCUT2D eigenvalue weighted by molar-refractivity contribution is 14.1. The number of hydrogen-bond donors (Lipinski definition) is 0. The van der Waals surface area contributed by atoms with Crippen molar-refractivity contribution in [1.82, 2.24) is 0 Å². The van der Waals surface area contributed by atoms with Crippen LogP contribution in [-0.2, 0) is 11.2 Å². The molecule has 0 unspecified atom stereocenters. The summed E-state index contributed by atoms with van der Waals surface area (Å²) in [4.78, 5) is 0. The second-order valence-electron chi connectivity index (χ2n) is 5.16. The van der Waals surface area contributed by atoms with Gasteiger partial charge in [0.1, 0.15) is 11.9 Å². The Morgan fingerprint density at radius 1 is 1.19 bits per heavy atom. The van der Waals surface area contributed by atoms with E-state index in [4.69, 9.17) is 9.47 Å². The molecule has 1 atom stereocenters. The van der Waals surface area contributed by atoms with Crippen LogP contribution < -0.4 is 4.74 Å². The van der Waals surface area contributed by atoms with E-state index in [2.05, 4.69) is 81.0 Å². The summed E-state index contributed by atoms with van der Waals surface area (Å²) in [5.74, 6) is 0.927. The van der Waals surface area contributed by atoms with E-state index in [1.54, 1.807) is 0 Å². The fourth-order valence-electron chi connectivity index (χ4n) is 2.38. The second kappa shape index (κ2) is 7.11. The molecule has 1 aliphatic rings. The van der Waals surface area contributed by atoms with E-state index in [1.807, 2.05) is 0 Å². The van der Waals surface area contributed by atoms with Crippen molar-refractivity contribution < 1.29 is 9.47 Å². The largest absolute Gasteiger partial charge is 0.488 e. The van der Waals surface area contributed by atoms with Gasteiger partial charge >= 0.3 is 0 Å². The zero-order valence-corrected chi connectivity index (χ0v) is 15.3. The smallest absolute Gasteiger partial charge is 0.124 e. The Morgan fingerprint density at radius 2 is 2.00 bits per heavy atom. The van der Waals surface area contributed by atoms with Crippen molar-refractivity contribution >= 4 is 38.5 Å². The van der Waals surface area contributed by atoms with E-state index in [-0.39, 0.29) is 6.10 Å². The summed E-state index contributed by atoms with van der Waals surface area (Å²) in [6, 6.07) is 14.8. The van der Waals surface area contributed by atoms with Gasteiger partial charge in [0.25, 0.3) is 0 Å². The highest BCUT2D eigenvalue weighted by Gasteiger charge is 2.16. The van der Waals surface area contributed by atoms with Crippen molar-refractivity contribution in [3.63, 3.8) is 0 Å². The van der Waals surface area contributed by atoms with Gasteiger partial charge in [-0.05, 0) is 70.5 Å². The van der Waals surface area contributed by atoms with E-state index >= 15 is 0 Å². The lowest BCUT2D eigenvalue weighted by molar-refractivity contribution is 0.141. The molecule has 4 heteroatoms. The molecule has 0 amide bonds. The van der Waals surface area contributed by atoms with Crippen molar-refractivity contribution in [3.8, 4) is 5.75 Å². The van der Waals surface area contributed by atoms with E-state index < -0.39 is 0 Å². The topological polar surface area (TPSA) is 18.5 Å². The standard InChI is InChI=1S/C17H16BrIO2/c18-17-6-3-14(19)10-13(17)9-12-1-4-15(5-2-12)21-16-7-8-20-11-16/h1-6,10,16H,7-9,11H2/t16-/m0/s1. The molecule has 0 radical (unpaired) electrons. The molecule has 21 heavy (non-hydrogen) atoms. The van der Waals surface area contributed by atoms with E-state index in [9.17, 15) is 0 Å². The molecule has 2 nitrogen and oxygen atoms in total. The summed E-state index contributed by atoms with van der Waals surface area (Å²) >= 11 is 5.96. The molecule has 0 bridgehead atoms. The SMILES string of the molecule is Brc1ccc(I)cc1Cc1ccc(O[C@H]2CCOC2)cc1. The maximum Gasteiger partial charge on any atom is 0.124 e. The first-order valence-corrected chi connectivity index (χ1v) is 8.85. The van der Waals surface area contributed by atoms with Crippen LogP contribution in [0.25, 0.3) is 0 Å². The lowest BCUT2D eigenvalue weighted by Gasteiger charge is -2.12. The van der Waals surface area contributed by atoms with Crippen LogP contribution in [0.5, 0.6) is 5.75 Å². The molecular formula is C17H16BrIO2. The zero-order chi connectivity index (χ0) is 14.7. The molecule has 0 saturated carbocycles. The van der Waals surface area contributed by atoms with Gasteiger partial charge in [-0.1, -0.05) is 28.1 Å². The average Bonchev–Trinajstić information content (AvgIpc) is 2.98. The predicted octanol–water partition coefficient (Wildman–Crippen LogP) is 4.81. The molecule has 3 rings (SSSR count). The van der Waals surface area contributed by atoms with Crippen LogP contribution in [0.1, 0.15) is 17.5 Å². The zero-order valence-electron chi connectivity index (χ0n) is 11.5. The second-order valence-corrected chi connectivity index (χ2v) is 7.26. The average molecular weight is 459 g/mol. The Morgan fingerprint density at radius 3 is 2.71 bits per heavy atom. The third kappa shape index (κ3) is 4.20. The van der Waals surface area contributed by atoms with Gasteiger partial charge in [-0.15, -0.1) is 0 Å². The minimum Gasteiger partial charge on any atom is -0.488 e. The number of halogens is 2. The molecule has 1 heterocycles. The van der Waals surface area contributed by atoms with E-state index in [0.717, 1.165) is 29.7 Å². The summed E-state index contributed by atoms with van der Waals surface area (Å²) in [6.07, 6.45) is 2.11. The van der Waals surface area contributed by atoms with Crippen LogP contribution in [0.2, 0.25) is 0 Å². The number of ether oxygens (including phenoxy) is 2. The molecule has 1 fully saturated rings. The quantitative estimate of drug-likeness (QED) is 0.612. The normalized spacial score (nSPS) is 17.9. The van der Waals surface area contributed by atoms with Gasteiger partial charge in [0.05, 0.1) is 13.2 Å². The van der Waals surface area contributed by atoms with Gasteiger partial charge in [-0.25, -0.2) is 0 Å². The number of benzene rings is 2. The molecule has 1 aliphatic heterocycles. The Hall–Kier alpha value is -0.590. The predicted molar refractivity (Wildman–Crippen MR) is 96.0 cm³/mol. The fourth-order valence-corrected chi connectivity index (χ4v) is 3.33. The molecule has 2 aromatic carbocycles. The summed E-state index contributed by atoms with van der Waals surface area (Å²) in [6.45, 7) is 1.51. The summed E-state index contributed by atoms with van der Waals surface area (Å²) in [7, 11) is 0. The lowest BCUT2D eigenvalue weighted by Crippen LogP contribution is -2.15. The van der Waals surface area contributed by atoms with Gasteiger partial charge in [0.2, 0.25) is 0 Å². The Kier molecular flexibility index (Phi) is 5.19. The van der Waals surface area contributed by atoms with Crippen LogP contribution in [0.4, 0.5) is 0 Å². The molecule has 0 aromatic heterocycles. The summed E-state index contributed by atoms with van der Waals surface area (Å²) in [5.41, 5.74) is 2.59. The van der Waals surface area contributed by atoms with E-state index in [0.29, 0.717) is 6.61 Å². The lowest BCUT2D eigenvalue weighted by atomic mass is 10.1. The maximum atomic E-state index is 5.89. The first kappa shape index (κ1) is 15.3. The van der Waals surface area contributed by atoms with Crippen LogP contribution in [0, 0.1) is 3.57 Å². The number of rotatable bonds is 4. The Labute approximate surface area is 147 Å². The Balaban J connectivity index is 1.67. The van der Waals surface area contributed by atoms with Crippen molar-refractivity contribution in [2.75, 3.05) is 13.2 Å². The third-order valence-corrected chi connectivity index (χ3v) is 4.96. The highest BCUT2D eigenvalue weighted by Crippen LogP contribution is 2.24. The first-order chi connectivity index (χ1) is 10.2. The summed E-state index contributed by atoms with van der Waals surface area (Å²) < 4.78 is 13.6.